The Balaban J connectivity index is 1.56. The molecule has 33 heavy (non-hydrogen) atoms. The van der Waals surface area contributed by atoms with Crippen LogP contribution in [0.15, 0.2) is 52.9 Å². The average Bonchev–Trinajstić information content (AvgIpc) is 3.23. The number of carbonyl (C=O) groups is 2. The van der Waals surface area contributed by atoms with Gasteiger partial charge in [0.15, 0.2) is 11.3 Å². The van der Waals surface area contributed by atoms with E-state index in [2.05, 4.69) is 5.32 Å². The summed E-state index contributed by atoms with van der Waals surface area (Å²) in [5.74, 6) is 1.42. The van der Waals surface area contributed by atoms with Gasteiger partial charge in [-0.25, -0.2) is 0 Å². The molecule has 1 aliphatic heterocycles. The van der Waals surface area contributed by atoms with Crippen molar-refractivity contribution in [3.05, 3.63) is 65.4 Å². The molecule has 2 atom stereocenters. The fourth-order valence-corrected chi connectivity index (χ4v) is 4.41. The molecule has 0 fully saturated rings. The molecule has 1 aromatic heterocycles. The van der Waals surface area contributed by atoms with E-state index in [0.717, 1.165) is 16.5 Å². The molecule has 1 aliphatic rings. The lowest BCUT2D eigenvalue weighted by Gasteiger charge is -2.37. The van der Waals surface area contributed by atoms with Crippen LogP contribution in [0.3, 0.4) is 0 Å². The number of nitrogens with one attached hydrogen (secondary N) is 1. The third-order valence-electron chi connectivity index (χ3n) is 6.07. The zero-order chi connectivity index (χ0) is 23.5. The van der Waals surface area contributed by atoms with Gasteiger partial charge in [0, 0.05) is 24.8 Å². The third-order valence-corrected chi connectivity index (χ3v) is 6.07. The summed E-state index contributed by atoms with van der Waals surface area (Å²) in [6.07, 6.45) is 0.929. The molecule has 6 heteroatoms. The second-order valence-electron chi connectivity index (χ2n) is 9.09. The predicted molar refractivity (Wildman–Crippen MR) is 128 cm³/mol. The first-order chi connectivity index (χ1) is 15.9. The summed E-state index contributed by atoms with van der Waals surface area (Å²) >= 11 is 0. The number of fused-ring (bicyclic) bond motifs is 2. The van der Waals surface area contributed by atoms with Crippen molar-refractivity contribution in [2.24, 2.45) is 5.92 Å². The summed E-state index contributed by atoms with van der Waals surface area (Å²) < 4.78 is 11.7. The van der Waals surface area contributed by atoms with Gasteiger partial charge in [0.05, 0.1) is 12.6 Å². The zero-order valence-corrected chi connectivity index (χ0v) is 19.8. The first kappa shape index (κ1) is 22.9. The summed E-state index contributed by atoms with van der Waals surface area (Å²) in [6.45, 7) is 8.87. The van der Waals surface area contributed by atoms with E-state index in [0.29, 0.717) is 43.1 Å². The third kappa shape index (κ3) is 4.90. The highest BCUT2D eigenvalue weighted by Gasteiger charge is 2.35. The second kappa shape index (κ2) is 9.69. The van der Waals surface area contributed by atoms with Crippen LogP contribution in [-0.4, -0.2) is 29.4 Å². The molecule has 6 nitrogen and oxygen atoms in total. The Morgan fingerprint density at radius 2 is 1.88 bits per heavy atom. The smallest absolute Gasteiger partial charge is 0.243 e. The predicted octanol–water partition coefficient (Wildman–Crippen LogP) is 5.01. The second-order valence-corrected chi connectivity index (χ2v) is 9.09. The number of nitrogens with zero attached hydrogens (tertiary/aromatic N) is 1. The van der Waals surface area contributed by atoms with Gasteiger partial charge >= 0.3 is 0 Å². The van der Waals surface area contributed by atoms with Crippen LogP contribution in [0, 0.1) is 5.92 Å². The van der Waals surface area contributed by atoms with Crippen molar-refractivity contribution < 1.29 is 18.7 Å². The van der Waals surface area contributed by atoms with Gasteiger partial charge in [-0.05, 0) is 43.0 Å². The summed E-state index contributed by atoms with van der Waals surface area (Å²) in [7, 11) is 0. The molecule has 2 unspecified atom stereocenters. The highest BCUT2D eigenvalue weighted by Crippen LogP contribution is 2.32. The lowest BCUT2D eigenvalue weighted by molar-refractivity contribution is -0.142. The molecule has 2 amide bonds. The molecule has 0 saturated heterocycles. The summed E-state index contributed by atoms with van der Waals surface area (Å²) in [4.78, 5) is 28.2. The van der Waals surface area contributed by atoms with Crippen LogP contribution in [0.2, 0.25) is 0 Å². The Hall–Kier alpha value is -3.28. The average molecular weight is 449 g/mol. The highest BCUT2D eigenvalue weighted by atomic mass is 16.5. The van der Waals surface area contributed by atoms with Crippen molar-refractivity contribution in [1.29, 1.82) is 0 Å². The minimum absolute atomic E-state index is 0.0115. The number of ether oxygens (including phenoxy) is 1. The van der Waals surface area contributed by atoms with Gasteiger partial charge < -0.3 is 19.4 Å². The number of rotatable bonds is 7. The van der Waals surface area contributed by atoms with E-state index < -0.39 is 6.04 Å². The van der Waals surface area contributed by atoms with E-state index in [9.17, 15) is 9.59 Å². The van der Waals surface area contributed by atoms with Gasteiger partial charge in [-0.15, -0.1) is 0 Å². The minimum atomic E-state index is -0.544. The van der Waals surface area contributed by atoms with Crippen LogP contribution in [-0.2, 0) is 22.6 Å². The molecule has 2 heterocycles. The Labute approximate surface area is 194 Å². The Bertz CT molecular complexity index is 1150. The minimum Gasteiger partial charge on any atom is -0.490 e. The molecule has 0 saturated carbocycles. The van der Waals surface area contributed by atoms with Crippen molar-refractivity contribution in [3.8, 4) is 5.75 Å². The van der Waals surface area contributed by atoms with Crippen LogP contribution < -0.4 is 10.1 Å². The highest BCUT2D eigenvalue weighted by molar-refractivity contribution is 5.89. The van der Waals surface area contributed by atoms with Crippen molar-refractivity contribution in [1.82, 2.24) is 10.2 Å². The summed E-state index contributed by atoms with van der Waals surface area (Å²) in [6, 6.07) is 14.8. The van der Waals surface area contributed by atoms with Gasteiger partial charge in [-0.2, -0.15) is 0 Å². The fraction of sp³-hybridized carbons (Fsp3) is 0.407. The molecule has 0 spiro atoms. The summed E-state index contributed by atoms with van der Waals surface area (Å²) in [5.41, 5.74) is 2.90. The number of para-hydroxylation sites is 1. The zero-order valence-electron chi connectivity index (χ0n) is 19.8. The number of benzene rings is 2. The van der Waals surface area contributed by atoms with Gasteiger partial charge in [0.25, 0.3) is 0 Å². The summed E-state index contributed by atoms with van der Waals surface area (Å²) in [5, 5.41) is 4.01. The van der Waals surface area contributed by atoms with Gasteiger partial charge in [0.2, 0.25) is 11.8 Å². The molecular formula is C27H32N2O4. The van der Waals surface area contributed by atoms with E-state index in [1.54, 1.807) is 4.90 Å². The molecule has 1 N–H and O–H groups in total. The molecule has 0 bridgehead atoms. The number of furan rings is 1. The maximum Gasteiger partial charge on any atom is 0.243 e. The molecule has 3 aromatic rings. The first-order valence-corrected chi connectivity index (χ1v) is 11.7. The number of hydrogen-bond acceptors (Lipinski definition) is 4. The monoisotopic (exact) mass is 448 g/mol. The van der Waals surface area contributed by atoms with E-state index in [1.807, 2.05) is 76.2 Å². The van der Waals surface area contributed by atoms with Crippen LogP contribution in [0.4, 0.5) is 0 Å². The molecule has 0 radical (unpaired) electrons. The van der Waals surface area contributed by atoms with Crippen LogP contribution in [0.1, 0.15) is 57.0 Å². The molecule has 0 aliphatic carbocycles. The van der Waals surface area contributed by atoms with E-state index in [1.165, 1.54) is 0 Å². The molecular weight excluding hydrogens is 416 g/mol. The first-order valence-electron chi connectivity index (χ1n) is 11.7. The Morgan fingerprint density at radius 1 is 1.12 bits per heavy atom. The number of carbonyl (C=O) groups excluding carboxylic acids is 2. The van der Waals surface area contributed by atoms with Crippen molar-refractivity contribution in [2.75, 3.05) is 6.61 Å². The van der Waals surface area contributed by atoms with Crippen LogP contribution >= 0.6 is 0 Å². The molecule has 4 rings (SSSR count). The number of amides is 2. The molecule has 2 aromatic carbocycles. The van der Waals surface area contributed by atoms with E-state index in [4.69, 9.17) is 9.15 Å². The normalized spacial score (nSPS) is 16.5. The largest absolute Gasteiger partial charge is 0.490 e. The Kier molecular flexibility index (Phi) is 6.72. The standard InChI is InChI=1S/C27H32N2O4/c1-5-32-23-12-8-11-20-15-24(33-26(20)23)18(4)28-27(31)22-14-19-9-6-7-10-21(19)16-29(22)25(30)13-17(2)3/h6-12,15,17-18,22H,5,13-14,16H2,1-4H3,(H,28,31). The fourth-order valence-electron chi connectivity index (χ4n) is 4.41. The SMILES string of the molecule is CCOc1cccc2cc(C(C)NC(=O)C3Cc4ccccc4CN3C(=O)CC(C)C)oc12. The van der Waals surface area contributed by atoms with Gasteiger partial charge in [0.1, 0.15) is 11.8 Å². The van der Waals surface area contributed by atoms with Crippen LogP contribution in [0.5, 0.6) is 5.75 Å². The van der Waals surface area contributed by atoms with Gasteiger partial charge in [-0.3, -0.25) is 9.59 Å². The van der Waals surface area contributed by atoms with Crippen molar-refractivity contribution >= 4 is 22.8 Å². The van der Waals surface area contributed by atoms with Crippen molar-refractivity contribution in [2.45, 2.75) is 59.2 Å². The lowest BCUT2D eigenvalue weighted by atomic mass is 9.92. The maximum absolute atomic E-state index is 13.4. The quantitative estimate of drug-likeness (QED) is 0.552. The van der Waals surface area contributed by atoms with Gasteiger partial charge in [-0.1, -0.05) is 50.2 Å². The number of hydrogen-bond donors (Lipinski definition) is 1. The molecule has 174 valence electrons. The topological polar surface area (TPSA) is 71.8 Å². The maximum atomic E-state index is 13.4. The van der Waals surface area contributed by atoms with Crippen LogP contribution in [0.25, 0.3) is 11.0 Å². The Morgan fingerprint density at radius 3 is 2.61 bits per heavy atom. The van der Waals surface area contributed by atoms with E-state index >= 15 is 0 Å². The van der Waals surface area contributed by atoms with Crippen molar-refractivity contribution in [3.63, 3.8) is 0 Å². The van der Waals surface area contributed by atoms with E-state index in [-0.39, 0.29) is 23.8 Å². The lowest BCUT2D eigenvalue weighted by Crippen LogP contribution is -2.53.